The van der Waals surface area contributed by atoms with E-state index < -0.39 is 0 Å². The molecule has 0 aromatic carbocycles. The number of rotatable bonds is 2. The lowest BCUT2D eigenvalue weighted by Crippen LogP contribution is -2.53. The van der Waals surface area contributed by atoms with E-state index in [2.05, 4.69) is 36.1 Å². The van der Waals surface area contributed by atoms with Crippen molar-refractivity contribution in [1.82, 2.24) is 14.9 Å². The minimum absolute atomic E-state index is 0.317. The van der Waals surface area contributed by atoms with E-state index in [1.54, 1.807) is 6.20 Å². The van der Waals surface area contributed by atoms with Gasteiger partial charge in [0, 0.05) is 18.8 Å². The molecule has 4 heterocycles. The quantitative estimate of drug-likeness (QED) is 0.862. The Balaban J connectivity index is 1.76. The number of fused-ring (bicyclic) bond motifs is 3. The molecule has 6 heteroatoms. The summed E-state index contributed by atoms with van der Waals surface area (Å²) in [6, 6.07) is 0.489. The van der Waals surface area contributed by atoms with E-state index in [0.29, 0.717) is 12.0 Å². The Morgan fingerprint density at radius 3 is 2.82 bits per heavy atom. The van der Waals surface area contributed by atoms with Crippen LogP contribution in [0, 0.1) is 5.92 Å². The molecule has 3 N–H and O–H groups in total. The van der Waals surface area contributed by atoms with Gasteiger partial charge in [-0.2, -0.15) is 4.98 Å². The SMILES string of the molecule is Nc1ncc(Br)c(NC2CN3CCC2CC3)n1. The van der Waals surface area contributed by atoms with Crippen molar-refractivity contribution in [2.24, 2.45) is 5.92 Å². The van der Waals surface area contributed by atoms with E-state index in [-0.39, 0.29) is 0 Å². The first-order chi connectivity index (χ1) is 8.22. The van der Waals surface area contributed by atoms with Crippen LogP contribution < -0.4 is 11.1 Å². The summed E-state index contributed by atoms with van der Waals surface area (Å²) in [5.41, 5.74) is 5.62. The summed E-state index contributed by atoms with van der Waals surface area (Å²) in [6.07, 6.45) is 4.28. The van der Waals surface area contributed by atoms with Crippen LogP contribution in [0.2, 0.25) is 0 Å². The minimum atomic E-state index is 0.317. The van der Waals surface area contributed by atoms with Gasteiger partial charge in [0.25, 0.3) is 0 Å². The first kappa shape index (κ1) is 11.2. The van der Waals surface area contributed by atoms with E-state index in [0.717, 1.165) is 22.8 Å². The Morgan fingerprint density at radius 1 is 1.41 bits per heavy atom. The van der Waals surface area contributed by atoms with Gasteiger partial charge in [0.1, 0.15) is 5.82 Å². The molecule has 1 aromatic rings. The van der Waals surface area contributed by atoms with Gasteiger partial charge in [-0.25, -0.2) is 4.98 Å². The molecule has 1 atom stereocenters. The summed E-state index contributed by atoms with van der Waals surface area (Å²) in [7, 11) is 0. The van der Waals surface area contributed by atoms with Crippen LogP contribution in [-0.2, 0) is 0 Å². The lowest BCUT2D eigenvalue weighted by Gasteiger charge is -2.45. The molecule has 0 spiro atoms. The van der Waals surface area contributed by atoms with Gasteiger partial charge in [-0.3, -0.25) is 0 Å². The third kappa shape index (κ3) is 2.24. The molecular formula is C11H16BrN5. The number of piperidine rings is 3. The molecule has 1 unspecified atom stereocenters. The van der Waals surface area contributed by atoms with Crippen LogP contribution in [0.3, 0.4) is 0 Å². The van der Waals surface area contributed by atoms with Crippen molar-refractivity contribution in [2.45, 2.75) is 18.9 Å². The molecule has 92 valence electrons. The predicted molar refractivity (Wildman–Crippen MR) is 70.7 cm³/mol. The number of nitrogens with zero attached hydrogens (tertiary/aromatic N) is 3. The number of hydrogen-bond acceptors (Lipinski definition) is 5. The first-order valence-electron chi connectivity index (χ1n) is 5.99. The number of nitrogens with one attached hydrogen (secondary N) is 1. The van der Waals surface area contributed by atoms with Crippen LogP contribution in [-0.4, -0.2) is 40.5 Å². The number of anilines is 2. The summed E-state index contributed by atoms with van der Waals surface area (Å²) < 4.78 is 0.878. The zero-order valence-electron chi connectivity index (χ0n) is 9.56. The maximum atomic E-state index is 5.62. The van der Waals surface area contributed by atoms with Gasteiger partial charge in [0.05, 0.1) is 4.47 Å². The van der Waals surface area contributed by atoms with Gasteiger partial charge in [0.2, 0.25) is 5.95 Å². The smallest absolute Gasteiger partial charge is 0.221 e. The van der Waals surface area contributed by atoms with E-state index in [1.807, 2.05) is 0 Å². The normalized spacial score (nSPS) is 31.5. The van der Waals surface area contributed by atoms with Crippen molar-refractivity contribution in [3.8, 4) is 0 Å². The average molecular weight is 298 g/mol. The molecule has 0 aliphatic carbocycles. The summed E-state index contributed by atoms with van der Waals surface area (Å²) >= 11 is 3.45. The van der Waals surface area contributed by atoms with E-state index >= 15 is 0 Å². The van der Waals surface area contributed by atoms with Gasteiger partial charge >= 0.3 is 0 Å². The molecule has 4 rings (SSSR count). The lowest BCUT2D eigenvalue weighted by atomic mass is 9.84. The second kappa shape index (κ2) is 4.42. The van der Waals surface area contributed by atoms with Crippen molar-refractivity contribution < 1.29 is 0 Å². The topological polar surface area (TPSA) is 67.1 Å². The number of aromatic nitrogens is 2. The number of nitrogen functional groups attached to an aromatic ring is 1. The molecule has 1 aromatic heterocycles. The Hall–Kier alpha value is -0.880. The monoisotopic (exact) mass is 297 g/mol. The zero-order chi connectivity index (χ0) is 11.8. The van der Waals surface area contributed by atoms with Crippen LogP contribution in [0.5, 0.6) is 0 Å². The van der Waals surface area contributed by atoms with Crippen LogP contribution in [0.25, 0.3) is 0 Å². The van der Waals surface area contributed by atoms with Gasteiger partial charge in [0.15, 0.2) is 0 Å². The standard InChI is InChI=1S/C11H16BrN5/c12-8-5-14-11(13)16-10(8)15-9-6-17-3-1-7(9)2-4-17/h5,7,9H,1-4,6H2,(H3,13,14,15,16). The van der Waals surface area contributed by atoms with Crippen LogP contribution >= 0.6 is 15.9 Å². The van der Waals surface area contributed by atoms with Crippen molar-refractivity contribution in [2.75, 3.05) is 30.7 Å². The molecule has 17 heavy (non-hydrogen) atoms. The first-order valence-corrected chi connectivity index (χ1v) is 6.78. The second-order valence-corrected chi connectivity index (χ2v) is 5.67. The fourth-order valence-corrected chi connectivity index (χ4v) is 3.09. The predicted octanol–water partition coefficient (Wildman–Crippen LogP) is 1.33. The van der Waals surface area contributed by atoms with Gasteiger partial charge in [-0.05, 0) is 47.8 Å². The molecule has 3 saturated heterocycles. The molecule has 3 aliphatic heterocycles. The Labute approximate surface area is 109 Å². The average Bonchev–Trinajstić information content (AvgIpc) is 2.35. The minimum Gasteiger partial charge on any atom is -0.368 e. The van der Waals surface area contributed by atoms with Crippen molar-refractivity contribution in [1.29, 1.82) is 0 Å². The Bertz CT molecular complexity index is 416. The Morgan fingerprint density at radius 2 is 2.18 bits per heavy atom. The fourth-order valence-electron chi connectivity index (χ4n) is 2.79. The molecule has 3 aliphatic rings. The highest BCUT2D eigenvalue weighted by Gasteiger charge is 2.34. The molecular weight excluding hydrogens is 282 g/mol. The van der Waals surface area contributed by atoms with Crippen molar-refractivity contribution in [3.05, 3.63) is 10.7 Å². The lowest BCUT2D eigenvalue weighted by molar-refractivity contribution is 0.0973. The largest absolute Gasteiger partial charge is 0.368 e. The summed E-state index contributed by atoms with van der Waals surface area (Å²) in [6.45, 7) is 3.60. The molecule has 2 bridgehead atoms. The summed E-state index contributed by atoms with van der Waals surface area (Å²) in [5, 5.41) is 3.50. The van der Waals surface area contributed by atoms with E-state index in [4.69, 9.17) is 5.73 Å². The van der Waals surface area contributed by atoms with Crippen molar-refractivity contribution in [3.63, 3.8) is 0 Å². The maximum Gasteiger partial charge on any atom is 0.221 e. The molecule has 0 amide bonds. The third-order valence-electron chi connectivity index (χ3n) is 3.74. The number of halogens is 1. The van der Waals surface area contributed by atoms with Gasteiger partial charge < -0.3 is 16.0 Å². The van der Waals surface area contributed by atoms with Gasteiger partial charge in [-0.1, -0.05) is 0 Å². The highest BCUT2D eigenvalue weighted by Crippen LogP contribution is 2.31. The van der Waals surface area contributed by atoms with Crippen LogP contribution in [0.4, 0.5) is 11.8 Å². The van der Waals surface area contributed by atoms with E-state index in [9.17, 15) is 0 Å². The zero-order valence-corrected chi connectivity index (χ0v) is 11.2. The second-order valence-electron chi connectivity index (χ2n) is 4.81. The van der Waals surface area contributed by atoms with Crippen LogP contribution in [0.15, 0.2) is 10.7 Å². The maximum absolute atomic E-state index is 5.62. The van der Waals surface area contributed by atoms with Crippen LogP contribution in [0.1, 0.15) is 12.8 Å². The molecule has 3 fully saturated rings. The number of nitrogens with two attached hydrogens (primary N) is 1. The Kier molecular flexibility index (Phi) is 2.92. The van der Waals surface area contributed by atoms with Crippen molar-refractivity contribution >= 4 is 27.7 Å². The summed E-state index contributed by atoms with van der Waals surface area (Å²) in [5.74, 6) is 1.90. The highest BCUT2D eigenvalue weighted by molar-refractivity contribution is 9.10. The van der Waals surface area contributed by atoms with E-state index in [1.165, 1.54) is 25.9 Å². The highest BCUT2D eigenvalue weighted by atomic mass is 79.9. The summed E-state index contributed by atoms with van der Waals surface area (Å²) in [4.78, 5) is 10.7. The number of hydrogen-bond donors (Lipinski definition) is 2. The fraction of sp³-hybridized carbons (Fsp3) is 0.636. The molecule has 0 saturated carbocycles. The molecule has 0 radical (unpaired) electrons. The van der Waals surface area contributed by atoms with Gasteiger partial charge in [-0.15, -0.1) is 0 Å². The third-order valence-corrected chi connectivity index (χ3v) is 4.32. The molecule has 5 nitrogen and oxygen atoms in total.